The minimum atomic E-state index is -4.87. The van der Waals surface area contributed by atoms with Crippen molar-refractivity contribution in [3.05, 3.63) is 383 Å². The van der Waals surface area contributed by atoms with E-state index in [1.807, 2.05) is 48.5 Å². The first-order valence-electron chi connectivity index (χ1n) is 42.0. The fourth-order valence-corrected chi connectivity index (χ4v) is 29.9. The number of halogens is 17. The van der Waals surface area contributed by atoms with Gasteiger partial charge in [-0.2, -0.15) is 0 Å². The molecule has 14 aromatic carbocycles. The van der Waals surface area contributed by atoms with E-state index in [9.17, 15) is 90.7 Å². The summed E-state index contributed by atoms with van der Waals surface area (Å²) >= 11 is 70.4. The van der Waals surface area contributed by atoms with Crippen LogP contribution in [0.2, 0.25) is 45.2 Å². The molecule has 0 atom stereocenters. The Bertz CT molecular complexity index is 9450. The molecule has 26 nitrogen and oxygen atoms in total. The van der Waals surface area contributed by atoms with Gasteiger partial charge in [0.25, 0.3) is 50.1 Å². The molecule has 0 radical (unpaired) electrons. The van der Waals surface area contributed by atoms with Crippen LogP contribution in [-0.2, 0) is 50.1 Å². The third-order valence-corrected chi connectivity index (χ3v) is 35.6. The topological polar surface area (TPSA) is 378 Å². The molecule has 0 aliphatic rings. The van der Waals surface area contributed by atoms with E-state index in [4.69, 9.17) is 109 Å². The number of aromatic nitrogens is 7. The van der Waals surface area contributed by atoms with E-state index in [0.717, 1.165) is 35.0 Å². The summed E-state index contributed by atoms with van der Waals surface area (Å²) in [4.78, 5) is 17.9. The number of aromatic hydroxyl groups is 5. The van der Waals surface area contributed by atoms with Crippen molar-refractivity contribution in [2.45, 2.75) is 30.8 Å². The van der Waals surface area contributed by atoms with Gasteiger partial charge in [0.2, 0.25) is 0 Å². The lowest BCUT2D eigenvalue weighted by Gasteiger charge is -2.15. The zero-order valence-electron chi connectivity index (χ0n) is 74.5. The second kappa shape index (κ2) is 44.0. The zero-order chi connectivity index (χ0) is 107. The van der Waals surface area contributed by atoms with Crippen molar-refractivity contribution in [3.63, 3.8) is 0 Å². The number of alkyl halides is 3. The average molecular weight is 2610 g/mol. The molecule has 0 unspecified atom stereocenters. The summed E-state index contributed by atoms with van der Waals surface area (Å²) in [5.41, 5.74) is 5.56. The number of nitrogens with zero attached hydrogens (tertiary/aromatic N) is 7. The largest absolute Gasteiger partial charge is 0.573 e. The van der Waals surface area contributed by atoms with Crippen LogP contribution in [-0.4, -0.2) is 122 Å². The number of benzene rings is 14. The molecule has 149 heavy (non-hydrogen) atoms. The lowest BCUT2D eigenvalue weighted by molar-refractivity contribution is -0.274. The molecule has 0 saturated carbocycles. The molecule has 0 bridgehead atoms. The van der Waals surface area contributed by atoms with Crippen LogP contribution < -0.4 is 9.47 Å². The molecule has 0 aliphatic heterocycles. The van der Waals surface area contributed by atoms with Crippen molar-refractivity contribution >= 4 is 295 Å². The van der Waals surface area contributed by atoms with Crippen LogP contribution in [0.25, 0.3) is 111 Å². The Balaban J connectivity index is 0.000000133. The van der Waals surface area contributed by atoms with Crippen molar-refractivity contribution in [2.24, 2.45) is 0 Å². The second-order valence-corrected chi connectivity index (χ2v) is 48.8. The van der Waals surface area contributed by atoms with Gasteiger partial charge in [0.1, 0.15) is 42.3 Å². The first kappa shape index (κ1) is 110. The van der Waals surface area contributed by atoms with Crippen LogP contribution >= 0.6 is 184 Å². The van der Waals surface area contributed by atoms with Gasteiger partial charge in [0, 0.05) is 92.9 Å². The van der Waals surface area contributed by atoms with Crippen molar-refractivity contribution in [2.75, 3.05) is 7.11 Å². The smallest absolute Gasteiger partial charge is 0.505 e. The number of methoxy groups -OCH3 is 1. The maximum absolute atomic E-state index is 13.7. The first-order valence-corrected chi connectivity index (χ1v) is 56.6. The summed E-state index contributed by atoms with van der Waals surface area (Å²) in [5.74, 6) is -3.81. The van der Waals surface area contributed by atoms with Gasteiger partial charge in [-0.25, -0.2) is 76.7 Å². The number of hydrogen-bond acceptors (Lipinski definition) is 20. The number of rotatable bonds is 18. The minimum Gasteiger partial charge on any atom is -0.505 e. The molecule has 0 saturated heterocycles. The molecule has 0 fully saturated rings. The maximum atomic E-state index is 13.7. The Kier molecular flexibility index (Phi) is 32.6. The van der Waals surface area contributed by atoms with Crippen LogP contribution in [0.3, 0.4) is 0 Å². The first-order chi connectivity index (χ1) is 70.4. The third-order valence-electron chi connectivity index (χ3n) is 22.2. The fourth-order valence-electron chi connectivity index (χ4n) is 15.8. The molecule has 762 valence electrons. The molecular formula is C101H60Br5Cl9F3N7O19S5. The van der Waals surface area contributed by atoms with E-state index >= 15 is 0 Å². The van der Waals surface area contributed by atoms with Crippen LogP contribution in [0.15, 0.2) is 357 Å². The summed E-state index contributed by atoms with van der Waals surface area (Å²) < 4.78 is 191. The number of para-hydroxylation sites is 1. The Hall–Kier alpha value is -11.5. The molecule has 6 N–H and O–H groups in total. The predicted octanol–water partition coefficient (Wildman–Crippen LogP) is 30.3. The SMILES string of the molecule is COc1ccc(-c2cc3cc(Cl)ccc3n2S(=O)(=O)c2cc(Br)cc(Cl)c2O)cc1.O=C(O)c1ccccc1-c1cc2cc(Cl)ccc2n1S(=O)(=O)c1cc(Br)cc(Cl)c1O.O=S(=O)(c1cc(Br)cc(Cl)c1O)n1c(-c2ccc(OC(F)(F)F)cc2)cc2cc(Cl)ccc21.O=S(=O)(c1cc(Br)cc(Cl)c1O)n1c(-c2ccccc2)cc2ccccc21.O=S(=O)(c1cc(Br)cc(Cl)c1O)n1c(-c2cncnc2)cc2cc(Cl)ccc21. The van der Waals surface area contributed by atoms with E-state index < -0.39 is 107 Å². The summed E-state index contributed by atoms with van der Waals surface area (Å²) in [5, 5.41) is 65.6. The van der Waals surface area contributed by atoms with E-state index in [-0.39, 0.29) is 78.9 Å². The highest BCUT2D eigenvalue weighted by molar-refractivity contribution is 9.11. The molecule has 20 aromatic rings. The van der Waals surface area contributed by atoms with Crippen LogP contribution in [0.4, 0.5) is 13.2 Å². The molecular weight excluding hydrogens is 2550 g/mol. The van der Waals surface area contributed by atoms with E-state index in [2.05, 4.69) is 94.4 Å². The van der Waals surface area contributed by atoms with Gasteiger partial charge in [0.15, 0.2) is 28.7 Å². The summed E-state index contributed by atoms with van der Waals surface area (Å²) in [6, 6.07) is 74.8. The molecule has 0 amide bonds. The highest BCUT2D eigenvalue weighted by atomic mass is 79.9. The van der Waals surface area contributed by atoms with Crippen molar-refractivity contribution in [1.82, 2.24) is 29.8 Å². The van der Waals surface area contributed by atoms with Gasteiger partial charge in [0.05, 0.1) is 93.8 Å². The third kappa shape index (κ3) is 22.7. The van der Waals surface area contributed by atoms with Crippen molar-refractivity contribution in [3.8, 4) is 96.5 Å². The lowest BCUT2D eigenvalue weighted by atomic mass is 10.0. The number of carboxylic acids is 1. The van der Waals surface area contributed by atoms with Gasteiger partial charge in [-0.3, -0.25) is 0 Å². The molecule has 0 aliphatic carbocycles. The van der Waals surface area contributed by atoms with Crippen molar-refractivity contribution < 1.29 is 100 Å². The Morgan fingerprint density at radius 2 is 0.577 bits per heavy atom. The fraction of sp³-hybridized carbons (Fsp3) is 0.0198. The van der Waals surface area contributed by atoms with Gasteiger partial charge >= 0.3 is 12.3 Å². The van der Waals surface area contributed by atoms with Gasteiger partial charge in [-0.05, 0) is 241 Å². The van der Waals surface area contributed by atoms with E-state index in [1.54, 1.807) is 116 Å². The number of hydrogen-bond donors (Lipinski definition) is 6. The van der Waals surface area contributed by atoms with E-state index in [0.29, 0.717) is 115 Å². The van der Waals surface area contributed by atoms with Crippen molar-refractivity contribution in [1.29, 1.82) is 0 Å². The number of carbonyl (C=O) groups is 1. The maximum Gasteiger partial charge on any atom is 0.573 e. The second-order valence-electron chi connectivity index (χ2n) is 31.7. The Morgan fingerprint density at radius 1 is 0.309 bits per heavy atom. The lowest BCUT2D eigenvalue weighted by Crippen LogP contribution is -2.17. The van der Waals surface area contributed by atoms with Crippen LogP contribution in [0, 0.1) is 0 Å². The number of fused-ring (bicyclic) bond motifs is 5. The van der Waals surface area contributed by atoms with Gasteiger partial charge in [-0.1, -0.05) is 251 Å². The molecule has 20 rings (SSSR count). The Labute approximate surface area is 932 Å². The quantitative estimate of drug-likeness (QED) is 0.0465. The Morgan fingerprint density at radius 3 is 0.899 bits per heavy atom. The monoisotopic (exact) mass is 2600 g/mol. The van der Waals surface area contributed by atoms with Crippen LogP contribution in [0.5, 0.6) is 40.2 Å². The number of carboxylic acid groups (broad SMARTS) is 1. The number of phenolic OH excluding ortho intramolecular Hbond substituents is 5. The van der Waals surface area contributed by atoms with E-state index in [1.165, 1.54) is 148 Å². The average Bonchev–Trinajstić information content (AvgIpc) is 1.56. The molecule has 6 heterocycles. The molecule has 0 spiro atoms. The minimum absolute atomic E-state index is 0.0410. The van der Waals surface area contributed by atoms with Gasteiger partial charge in [-0.15, -0.1) is 13.2 Å². The van der Waals surface area contributed by atoms with Gasteiger partial charge < -0.3 is 40.1 Å². The number of aromatic carboxylic acids is 1. The standard InChI is InChI=1S/C21H11BrCl2F3NO4S.C21H12BrCl2NO5S.C21H14BrCl2NO4S.C20H13BrClNO3S.C18H10BrCl2N3O3S/c22-13-9-16(24)20(29)19(10-13)33(30,31)28-17-6-3-14(23)7-12(17)8-18(28)11-1-4-15(5-2-11)32-21(25,26)27;22-12-9-16(24)20(26)19(10-12)31(29,30)25-17-6-5-13(23)7-11(17)8-18(25)14-3-1-2-4-15(14)21(27)28;1-29-16-5-2-12(3-6-16)19-9-13-8-15(23)4-7-18(13)25(19)30(27,28)20-11-14(22)10-17(24)21(20)26;21-15-11-16(22)20(24)19(12-15)27(25,26)23-17-9-5-4-8-14(17)10-18(23)13-6-2-1-3-7-13;19-12-5-14(21)18(25)17(6-12)28(26,27)24-15-2-1-13(20)3-10(15)4-16(24)11-7-22-9-23-8-11/h1-10,29H;1-10,26H,(H,27,28);2-11,26H,1H3;1-12,24H;1-9,25H. The summed E-state index contributed by atoms with van der Waals surface area (Å²) in [6.07, 6.45) is -0.513. The summed E-state index contributed by atoms with van der Waals surface area (Å²) in [7, 11) is -19.9. The number of phenols is 5. The highest BCUT2D eigenvalue weighted by Gasteiger charge is 2.37. The molecule has 48 heteroatoms. The summed E-state index contributed by atoms with van der Waals surface area (Å²) in [6.45, 7) is 0. The number of ether oxygens (including phenoxy) is 2. The van der Waals surface area contributed by atoms with Crippen LogP contribution in [0.1, 0.15) is 10.4 Å². The predicted molar refractivity (Wildman–Crippen MR) is 590 cm³/mol. The molecule has 6 aromatic heterocycles. The highest BCUT2D eigenvalue weighted by Crippen LogP contribution is 2.49. The normalized spacial score (nSPS) is 11.9. The zero-order valence-corrected chi connectivity index (χ0v) is 93.3.